The fourth-order valence-electron chi connectivity index (χ4n) is 3.64. The zero-order valence-corrected chi connectivity index (χ0v) is 14.1. The van der Waals surface area contributed by atoms with Crippen LogP contribution in [0.2, 0.25) is 0 Å². The summed E-state index contributed by atoms with van der Waals surface area (Å²) in [4.78, 5) is 12.1. The van der Waals surface area contributed by atoms with Crippen molar-refractivity contribution in [2.24, 2.45) is 5.92 Å². The van der Waals surface area contributed by atoms with Gasteiger partial charge in [0.15, 0.2) is 0 Å². The number of carbonyl (C=O) groups is 1. The second-order valence-corrected chi connectivity index (χ2v) is 7.46. The Morgan fingerprint density at radius 3 is 2.57 bits per heavy atom. The highest BCUT2D eigenvalue weighted by molar-refractivity contribution is 9.09. The van der Waals surface area contributed by atoms with Gasteiger partial charge in [-0.2, -0.15) is 0 Å². The fourth-order valence-corrected chi connectivity index (χ4v) is 4.46. The summed E-state index contributed by atoms with van der Waals surface area (Å²) < 4.78 is 0. The quantitative estimate of drug-likeness (QED) is 0.564. The first kappa shape index (κ1) is 15.1. The van der Waals surface area contributed by atoms with Crippen LogP contribution in [-0.2, 0) is 11.2 Å². The molecule has 1 fully saturated rings. The van der Waals surface area contributed by atoms with Crippen molar-refractivity contribution in [2.45, 2.75) is 62.6 Å². The maximum absolute atomic E-state index is 11.6. The minimum atomic E-state index is 0.153. The Kier molecular flexibility index (Phi) is 4.99. The number of anilines is 1. The lowest BCUT2D eigenvalue weighted by atomic mass is 9.91. The van der Waals surface area contributed by atoms with E-state index >= 15 is 0 Å². The van der Waals surface area contributed by atoms with E-state index in [4.69, 9.17) is 0 Å². The summed E-state index contributed by atoms with van der Waals surface area (Å²) in [5.41, 5.74) is 3.70. The molecule has 1 aliphatic heterocycles. The average molecular weight is 350 g/mol. The van der Waals surface area contributed by atoms with Crippen LogP contribution in [0, 0.1) is 5.92 Å². The number of benzene rings is 1. The van der Waals surface area contributed by atoms with Crippen molar-refractivity contribution in [1.29, 1.82) is 0 Å². The molecule has 1 saturated carbocycles. The molecule has 0 spiro atoms. The van der Waals surface area contributed by atoms with E-state index in [0.717, 1.165) is 24.4 Å². The first-order valence-electron chi connectivity index (χ1n) is 8.31. The minimum absolute atomic E-state index is 0.153. The molecule has 21 heavy (non-hydrogen) atoms. The Balaban J connectivity index is 1.79. The number of rotatable bonds is 2. The molecule has 2 aliphatic rings. The number of hydrogen-bond donors (Lipinski definition) is 1. The second-order valence-electron chi connectivity index (χ2n) is 6.47. The normalized spacial score (nSPS) is 21.9. The molecule has 0 bridgehead atoms. The lowest BCUT2D eigenvalue weighted by Crippen LogP contribution is -2.10. The van der Waals surface area contributed by atoms with Crippen LogP contribution in [-0.4, -0.2) is 5.91 Å². The molecule has 1 heterocycles. The Morgan fingerprint density at radius 2 is 1.81 bits per heavy atom. The summed E-state index contributed by atoms with van der Waals surface area (Å²) in [5, 5.41) is 3.02. The molecule has 0 radical (unpaired) electrons. The van der Waals surface area contributed by atoms with E-state index in [1.165, 1.54) is 49.7 Å². The maximum Gasteiger partial charge on any atom is 0.224 e. The van der Waals surface area contributed by atoms with Crippen molar-refractivity contribution in [3.63, 3.8) is 0 Å². The monoisotopic (exact) mass is 349 g/mol. The molecule has 1 aliphatic carbocycles. The molecule has 1 amide bonds. The van der Waals surface area contributed by atoms with Gasteiger partial charge in [0.05, 0.1) is 0 Å². The third-order valence-electron chi connectivity index (χ3n) is 4.89. The number of alkyl halides is 1. The summed E-state index contributed by atoms with van der Waals surface area (Å²) >= 11 is 3.95. The number of fused-ring (bicyclic) bond motifs is 1. The van der Waals surface area contributed by atoms with E-state index in [1.807, 2.05) is 0 Å². The molecule has 1 N–H and O–H groups in total. The fraction of sp³-hybridized carbons (Fsp3) is 0.611. The Bertz CT molecular complexity index is 506. The van der Waals surface area contributed by atoms with Gasteiger partial charge in [0, 0.05) is 16.9 Å². The SMILES string of the molecule is O=C1CCCc2cc(C(Br)C3CCCCCC3)ccc2N1. The van der Waals surface area contributed by atoms with Crippen molar-refractivity contribution >= 4 is 27.5 Å². The van der Waals surface area contributed by atoms with E-state index in [2.05, 4.69) is 39.4 Å². The van der Waals surface area contributed by atoms with Crippen LogP contribution in [0.25, 0.3) is 0 Å². The summed E-state index contributed by atoms with van der Waals surface area (Å²) in [6, 6.07) is 6.60. The van der Waals surface area contributed by atoms with E-state index < -0.39 is 0 Å². The molecule has 114 valence electrons. The molecular formula is C18H24BrNO. The van der Waals surface area contributed by atoms with E-state index in [1.54, 1.807) is 0 Å². The lowest BCUT2D eigenvalue weighted by Gasteiger charge is -2.22. The van der Waals surface area contributed by atoms with Crippen LogP contribution in [0.4, 0.5) is 5.69 Å². The minimum Gasteiger partial charge on any atom is -0.326 e. The number of hydrogen-bond acceptors (Lipinski definition) is 1. The van der Waals surface area contributed by atoms with Gasteiger partial charge in [-0.3, -0.25) is 4.79 Å². The smallest absolute Gasteiger partial charge is 0.224 e. The molecule has 2 nitrogen and oxygen atoms in total. The van der Waals surface area contributed by atoms with E-state index in [9.17, 15) is 4.79 Å². The molecule has 0 saturated heterocycles. The standard InChI is InChI=1S/C18H24BrNO/c19-18(13-6-3-1-2-4-7-13)15-10-11-16-14(12-15)8-5-9-17(21)20-16/h10-13,18H,1-9H2,(H,20,21). The third kappa shape index (κ3) is 3.68. The molecule has 3 heteroatoms. The molecule has 1 unspecified atom stereocenters. The van der Waals surface area contributed by atoms with Crippen molar-refractivity contribution in [3.05, 3.63) is 29.3 Å². The highest BCUT2D eigenvalue weighted by Gasteiger charge is 2.23. The summed E-state index contributed by atoms with van der Waals surface area (Å²) in [6.07, 6.45) is 10.8. The zero-order valence-electron chi connectivity index (χ0n) is 12.5. The predicted molar refractivity (Wildman–Crippen MR) is 90.9 cm³/mol. The molecule has 3 rings (SSSR count). The van der Waals surface area contributed by atoms with Gasteiger partial charge in [-0.15, -0.1) is 0 Å². The molecule has 0 aromatic heterocycles. The van der Waals surface area contributed by atoms with Crippen molar-refractivity contribution in [2.75, 3.05) is 5.32 Å². The molecule has 1 atom stereocenters. The summed E-state index contributed by atoms with van der Waals surface area (Å²) in [7, 11) is 0. The van der Waals surface area contributed by atoms with Crippen LogP contribution in [0.1, 0.15) is 67.3 Å². The van der Waals surface area contributed by atoms with Gasteiger partial charge in [0.1, 0.15) is 0 Å². The summed E-state index contributed by atoms with van der Waals surface area (Å²) in [5.74, 6) is 0.909. The number of aryl methyl sites for hydroxylation is 1. The topological polar surface area (TPSA) is 29.1 Å². The van der Waals surface area contributed by atoms with E-state index in [-0.39, 0.29) is 5.91 Å². The second kappa shape index (κ2) is 6.95. The largest absolute Gasteiger partial charge is 0.326 e. The van der Waals surface area contributed by atoms with Crippen molar-refractivity contribution in [3.8, 4) is 0 Å². The predicted octanol–water partition coefficient (Wildman–Crippen LogP) is 5.37. The van der Waals surface area contributed by atoms with Crippen molar-refractivity contribution < 1.29 is 4.79 Å². The van der Waals surface area contributed by atoms with Gasteiger partial charge in [-0.25, -0.2) is 0 Å². The number of amides is 1. The number of nitrogens with one attached hydrogen (secondary N) is 1. The highest BCUT2D eigenvalue weighted by Crippen LogP contribution is 2.40. The van der Waals surface area contributed by atoms with Crippen LogP contribution in [0.3, 0.4) is 0 Å². The summed E-state index contributed by atoms with van der Waals surface area (Å²) in [6.45, 7) is 0. The van der Waals surface area contributed by atoms with Gasteiger partial charge in [-0.1, -0.05) is 53.7 Å². The first-order valence-corrected chi connectivity index (χ1v) is 9.22. The number of halogens is 1. The molecule has 1 aromatic rings. The Hall–Kier alpha value is -0.830. The molecular weight excluding hydrogens is 326 g/mol. The maximum atomic E-state index is 11.6. The van der Waals surface area contributed by atoms with Crippen LogP contribution in [0.5, 0.6) is 0 Å². The lowest BCUT2D eigenvalue weighted by molar-refractivity contribution is -0.116. The Morgan fingerprint density at radius 1 is 1.05 bits per heavy atom. The Labute approximate surface area is 135 Å². The van der Waals surface area contributed by atoms with Crippen LogP contribution < -0.4 is 5.32 Å². The van der Waals surface area contributed by atoms with E-state index in [0.29, 0.717) is 11.2 Å². The van der Waals surface area contributed by atoms with Gasteiger partial charge in [0.2, 0.25) is 5.91 Å². The number of carbonyl (C=O) groups excluding carboxylic acids is 1. The molecule has 1 aromatic carbocycles. The van der Waals surface area contributed by atoms with Gasteiger partial charge >= 0.3 is 0 Å². The average Bonchev–Trinajstić information content (AvgIpc) is 2.85. The van der Waals surface area contributed by atoms with Gasteiger partial charge in [-0.05, 0) is 48.8 Å². The van der Waals surface area contributed by atoms with Gasteiger partial charge in [0.25, 0.3) is 0 Å². The van der Waals surface area contributed by atoms with Gasteiger partial charge < -0.3 is 5.32 Å². The zero-order chi connectivity index (χ0) is 14.7. The highest BCUT2D eigenvalue weighted by atomic mass is 79.9. The van der Waals surface area contributed by atoms with Crippen LogP contribution in [0.15, 0.2) is 18.2 Å². The first-order chi connectivity index (χ1) is 10.2. The third-order valence-corrected chi connectivity index (χ3v) is 6.16. The van der Waals surface area contributed by atoms with Crippen molar-refractivity contribution in [1.82, 2.24) is 0 Å². The van der Waals surface area contributed by atoms with Crippen LogP contribution >= 0.6 is 15.9 Å².